The molecule has 0 unspecified atom stereocenters. The van der Waals surface area contributed by atoms with Gasteiger partial charge >= 0.3 is 0 Å². The molecule has 4 rings (SSSR count). The zero-order valence-corrected chi connectivity index (χ0v) is 18.1. The Balaban J connectivity index is 1.32. The van der Waals surface area contributed by atoms with Gasteiger partial charge in [0.15, 0.2) is 11.5 Å². The molecule has 2 aromatic carbocycles. The SMILES string of the molecule is CC(C)[C@@H](NC(=O)CN1CCN(c2ccc(F)cc2)CC1)c1ccc2c(c1)OCCO2. The Morgan fingerprint density at radius 2 is 1.68 bits per heavy atom. The molecule has 1 fully saturated rings. The molecule has 2 aliphatic heterocycles. The van der Waals surface area contributed by atoms with Crippen LogP contribution in [-0.4, -0.2) is 56.7 Å². The fourth-order valence-electron chi connectivity index (χ4n) is 4.13. The monoisotopic (exact) mass is 427 g/mol. The first kappa shape index (κ1) is 21.4. The second-order valence-corrected chi connectivity index (χ2v) is 8.43. The molecule has 31 heavy (non-hydrogen) atoms. The molecule has 166 valence electrons. The van der Waals surface area contributed by atoms with Gasteiger partial charge in [-0.1, -0.05) is 19.9 Å². The molecule has 1 saturated heterocycles. The summed E-state index contributed by atoms with van der Waals surface area (Å²) in [6.45, 7) is 8.88. The molecule has 1 N–H and O–H groups in total. The summed E-state index contributed by atoms with van der Waals surface area (Å²) in [5.74, 6) is 1.52. The third-order valence-electron chi connectivity index (χ3n) is 5.84. The number of rotatable bonds is 6. The molecule has 0 radical (unpaired) electrons. The van der Waals surface area contributed by atoms with Crippen LogP contribution in [0.1, 0.15) is 25.5 Å². The van der Waals surface area contributed by atoms with E-state index >= 15 is 0 Å². The lowest BCUT2D eigenvalue weighted by Gasteiger charge is -2.36. The van der Waals surface area contributed by atoms with E-state index in [0.29, 0.717) is 19.8 Å². The number of ether oxygens (including phenoxy) is 2. The summed E-state index contributed by atoms with van der Waals surface area (Å²) in [5.41, 5.74) is 2.04. The average molecular weight is 428 g/mol. The minimum atomic E-state index is -0.225. The zero-order chi connectivity index (χ0) is 21.8. The molecular formula is C24H30FN3O3. The highest BCUT2D eigenvalue weighted by atomic mass is 19.1. The molecule has 6 nitrogen and oxygen atoms in total. The Labute approximate surface area is 182 Å². The van der Waals surface area contributed by atoms with Crippen LogP contribution in [0.25, 0.3) is 0 Å². The van der Waals surface area contributed by atoms with Gasteiger partial charge in [-0.3, -0.25) is 9.69 Å². The first-order chi connectivity index (χ1) is 15.0. The quantitative estimate of drug-likeness (QED) is 0.767. The first-order valence-electron chi connectivity index (χ1n) is 10.9. The normalized spacial score (nSPS) is 17.5. The summed E-state index contributed by atoms with van der Waals surface area (Å²) < 4.78 is 24.4. The van der Waals surface area contributed by atoms with Gasteiger partial charge in [-0.05, 0) is 47.9 Å². The lowest BCUT2D eigenvalue weighted by molar-refractivity contribution is -0.123. The van der Waals surface area contributed by atoms with Gasteiger partial charge in [-0.2, -0.15) is 0 Å². The highest BCUT2D eigenvalue weighted by Crippen LogP contribution is 2.34. The van der Waals surface area contributed by atoms with Gasteiger partial charge < -0.3 is 19.7 Å². The number of nitrogens with one attached hydrogen (secondary N) is 1. The van der Waals surface area contributed by atoms with Gasteiger partial charge in [0, 0.05) is 31.9 Å². The fraction of sp³-hybridized carbons (Fsp3) is 0.458. The van der Waals surface area contributed by atoms with Gasteiger partial charge in [-0.25, -0.2) is 4.39 Å². The lowest BCUT2D eigenvalue weighted by atomic mass is 9.95. The van der Waals surface area contributed by atoms with Crippen molar-refractivity contribution in [1.82, 2.24) is 10.2 Å². The fourth-order valence-corrected chi connectivity index (χ4v) is 4.13. The van der Waals surface area contributed by atoms with Crippen molar-refractivity contribution in [3.63, 3.8) is 0 Å². The van der Waals surface area contributed by atoms with Crippen molar-refractivity contribution in [2.45, 2.75) is 19.9 Å². The van der Waals surface area contributed by atoms with E-state index in [2.05, 4.69) is 29.0 Å². The summed E-state index contributed by atoms with van der Waals surface area (Å²) in [5, 5.41) is 3.20. The van der Waals surface area contributed by atoms with Gasteiger partial charge in [0.1, 0.15) is 19.0 Å². The second-order valence-electron chi connectivity index (χ2n) is 8.43. The Bertz CT molecular complexity index is 895. The predicted molar refractivity (Wildman–Crippen MR) is 118 cm³/mol. The Morgan fingerprint density at radius 1 is 1.00 bits per heavy atom. The van der Waals surface area contributed by atoms with Crippen molar-refractivity contribution >= 4 is 11.6 Å². The van der Waals surface area contributed by atoms with Crippen LogP contribution in [0.5, 0.6) is 11.5 Å². The van der Waals surface area contributed by atoms with Crippen LogP contribution in [0.2, 0.25) is 0 Å². The standard InChI is InChI=1S/C24H30FN3O3/c1-17(2)24(18-3-8-21-22(15-18)31-14-13-30-21)26-23(29)16-27-9-11-28(12-10-27)20-6-4-19(25)5-7-20/h3-8,15,17,24H,9-14,16H2,1-2H3,(H,26,29)/t24-/m1/s1. The number of carbonyl (C=O) groups is 1. The average Bonchev–Trinajstić information content (AvgIpc) is 2.78. The maximum atomic E-state index is 13.1. The highest BCUT2D eigenvalue weighted by Gasteiger charge is 2.24. The van der Waals surface area contributed by atoms with Crippen molar-refractivity contribution in [1.29, 1.82) is 0 Å². The van der Waals surface area contributed by atoms with Crippen LogP contribution in [0, 0.1) is 11.7 Å². The molecule has 0 bridgehead atoms. The maximum Gasteiger partial charge on any atom is 0.234 e. The van der Waals surface area contributed by atoms with Crippen molar-refractivity contribution < 1.29 is 18.7 Å². The van der Waals surface area contributed by atoms with Gasteiger partial charge in [0.25, 0.3) is 0 Å². The van der Waals surface area contributed by atoms with Crippen molar-refractivity contribution in [2.75, 3.05) is 50.8 Å². The number of benzene rings is 2. The molecule has 0 aromatic heterocycles. The molecular weight excluding hydrogens is 397 g/mol. The minimum absolute atomic E-state index is 0.0174. The first-order valence-corrected chi connectivity index (χ1v) is 10.9. The number of hydrogen-bond donors (Lipinski definition) is 1. The third kappa shape index (κ3) is 5.28. The summed E-state index contributed by atoms with van der Waals surface area (Å²) in [6, 6.07) is 12.4. The van der Waals surface area contributed by atoms with E-state index < -0.39 is 0 Å². The van der Waals surface area contributed by atoms with Crippen LogP contribution < -0.4 is 19.7 Å². The Kier molecular flexibility index (Phi) is 6.61. The number of nitrogens with zero attached hydrogens (tertiary/aromatic N) is 2. The van der Waals surface area contributed by atoms with Crippen LogP contribution in [0.3, 0.4) is 0 Å². The Morgan fingerprint density at radius 3 is 2.35 bits per heavy atom. The molecule has 2 heterocycles. The third-order valence-corrected chi connectivity index (χ3v) is 5.84. The number of carbonyl (C=O) groups excluding carboxylic acids is 1. The van der Waals surface area contributed by atoms with Gasteiger partial charge in [0.2, 0.25) is 5.91 Å². The second kappa shape index (κ2) is 9.56. The van der Waals surface area contributed by atoms with E-state index in [-0.39, 0.29) is 23.7 Å². The Hall–Kier alpha value is -2.80. The van der Waals surface area contributed by atoms with Crippen LogP contribution in [0.15, 0.2) is 42.5 Å². The number of amides is 1. The lowest BCUT2D eigenvalue weighted by Crippen LogP contribution is -2.50. The summed E-state index contributed by atoms with van der Waals surface area (Å²) >= 11 is 0. The van der Waals surface area contributed by atoms with Crippen LogP contribution in [0.4, 0.5) is 10.1 Å². The minimum Gasteiger partial charge on any atom is -0.486 e. The topological polar surface area (TPSA) is 54.0 Å². The van der Waals surface area contributed by atoms with E-state index in [0.717, 1.165) is 48.9 Å². The van der Waals surface area contributed by atoms with Crippen LogP contribution in [-0.2, 0) is 4.79 Å². The smallest absolute Gasteiger partial charge is 0.234 e. The number of hydrogen-bond acceptors (Lipinski definition) is 5. The van der Waals surface area contributed by atoms with Gasteiger partial charge in [0.05, 0.1) is 12.6 Å². The summed E-state index contributed by atoms with van der Waals surface area (Å²) in [6.07, 6.45) is 0. The number of fused-ring (bicyclic) bond motifs is 1. The molecule has 0 spiro atoms. The maximum absolute atomic E-state index is 13.1. The zero-order valence-electron chi connectivity index (χ0n) is 18.1. The summed E-state index contributed by atoms with van der Waals surface area (Å²) in [7, 11) is 0. The van der Waals surface area contributed by atoms with E-state index in [1.54, 1.807) is 12.1 Å². The number of halogens is 1. The van der Waals surface area contributed by atoms with Crippen molar-refractivity contribution in [3.05, 3.63) is 53.8 Å². The van der Waals surface area contributed by atoms with E-state index in [1.165, 1.54) is 12.1 Å². The molecule has 7 heteroatoms. The molecule has 2 aromatic rings. The van der Waals surface area contributed by atoms with E-state index in [4.69, 9.17) is 9.47 Å². The van der Waals surface area contributed by atoms with E-state index in [1.807, 2.05) is 18.2 Å². The molecule has 2 aliphatic rings. The van der Waals surface area contributed by atoms with E-state index in [9.17, 15) is 9.18 Å². The molecule has 0 saturated carbocycles. The number of piperazine rings is 1. The predicted octanol–water partition coefficient (Wildman–Crippen LogP) is 3.23. The molecule has 0 aliphatic carbocycles. The molecule has 1 amide bonds. The van der Waals surface area contributed by atoms with Crippen molar-refractivity contribution in [2.24, 2.45) is 5.92 Å². The van der Waals surface area contributed by atoms with Gasteiger partial charge in [-0.15, -0.1) is 0 Å². The van der Waals surface area contributed by atoms with Crippen molar-refractivity contribution in [3.8, 4) is 11.5 Å². The van der Waals surface area contributed by atoms with Crippen LogP contribution >= 0.6 is 0 Å². The highest BCUT2D eigenvalue weighted by molar-refractivity contribution is 5.78. The summed E-state index contributed by atoms with van der Waals surface area (Å²) in [4.78, 5) is 17.2. The number of anilines is 1. The largest absolute Gasteiger partial charge is 0.486 e. The molecule has 1 atom stereocenters.